The van der Waals surface area contributed by atoms with E-state index in [1.54, 1.807) is 6.92 Å². The average molecular weight is 145 g/mol. The van der Waals surface area contributed by atoms with Crippen LogP contribution in [0.5, 0.6) is 0 Å². The number of rotatable bonds is 3. The van der Waals surface area contributed by atoms with E-state index >= 15 is 0 Å². The number of ether oxygens (including phenoxy) is 2. The Bertz CT molecular complexity index is 99.0. The number of hydrogen-bond donors (Lipinski definition) is 0. The topological polar surface area (TPSA) is 35.5 Å². The van der Waals surface area contributed by atoms with Gasteiger partial charge in [0, 0.05) is 0 Å². The molecule has 3 heteroatoms. The summed E-state index contributed by atoms with van der Waals surface area (Å²) >= 11 is 0. The molecule has 0 aliphatic rings. The van der Waals surface area contributed by atoms with Gasteiger partial charge in [-0.15, -0.1) is 0 Å². The van der Waals surface area contributed by atoms with Crippen molar-refractivity contribution in [3.8, 4) is 0 Å². The van der Waals surface area contributed by atoms with Crippen LogP contribution in [0.2, 0.25) is 0 Å². The molecule has 0 saturated carbocycles. The Balaban J connectivity index is 3.22. The zero-order chi connectivity index (χ0) is 7.98. The molecule has 0 unspecified atom stereocenters. The highest BCUT2D eigenvalue weighted by atomic mass is 16.7. The molecule has 0 aromatic rings. The van der Waals surface area contributed by atoms with Crippen LogP contribution >= 0.6 is 0 Å². The van der Waals surface area contributed by atoms with Gasteiger partial charge < -0.3 is 9.47 Å². The molecule has 0 fully saturated rings. The standard InChI is InChI=1S/C7H13O3/c1-4-9-7(8)10-5-6(2)3/h4,6H,5H2,1-3H3. The molecular formula is C7H13O3. The lowest BCUT2D eigenvalue weighted by atomic mass is 10.2. The van der Waals surface area contributed by atoms with Crippen molar-refractivity contribution in [2.75, 3.05) is 6.61 Å². The Kier molecular flexibility index (Phi) is 4.72. The summed E-state index contributed by atoms with van der Waals surface area (Å²) in [7, 11) is 0. The monoisotopic (exact) mass is 145 g/mol. The molecule has 0 rings (SSSR count). The van der Waals surface area contributed by atoms with Gasteiger partial charge in [-0.25, -0.2) is 4.79 Å². The lowest BCUT2D eigenvalue weighted by Crippen LogP contribution is -2.09. The molecule has 3 nitrogen and oxygen atoms in total. The molecule has 0 atom stereocenters. The average Bonchev–Trinajstić information content (AvgIpc) is 1.85. The van der Waals surface area contributed by atoms with Crippen molar-refractivity contribution in [3.63, 3.8) is 0 Å². The Hall–Kier alpha value is -0.730. The molecule has 0 aromatic heterocycles. The summed E-state index contributed by atoms with van der Waals surface area (Å²) in [5.41, 5.74) is 0. The summed E-state index contributed by atoms with van der Waals surface area (Å²) in [6.45, 7) is 7.25. The lowest BCUT2D eigenvalue weighted by molar-refractivity contribution is 0.0659. The fraction of sp³-hybridized carbons (Fsp3) is 0.714. The van der Waals surface area contributed by atoms with Gasteiger partial charge in [0.05, 0.1) is 6.61 Å². The summed E-state index contributed by atoms with van der Waals surface area (Å²) < 4.78 is 9.06. The van der Waals surface area contributed by atoms with E-state index < -0.39 is 6.16 Å². The van der Waals surface area contributed by atoms with Crippen LogP contribution in [0.25, 0.3) is 0 Å². The zero-order valence-corrected chi connectivity index (χ0v) is 6.59. The molecule has 59 valence electrons. The molecule has 0 heterocycles. The lowest BCUT2D eigenvalue weighted by Gasteiger charge is -2.05. The van der Waals surface area contributed by atoms with E-state index in [1.165, 1.54) is 6.61 Å². The Morgan fingerprint density at radius 1 is 1.60 bits per heavy atom. The third-order valence-corrected chi connectivity index (χ3v) is 0.749. The highest BCUT2D eigenvalue weighted by molar-refractivity contribution is 5.60. The quantitative estimate of drug-likeness (QED) is 0.569. The molecule has 0 aromatic carbocycles. The maximum absolute atomic E-state index is 10.5. The van der Waals surface area contributed by atoms with Crippen molar-refractivity contribution in [3.05, 3.63) is 6.61 Å². The van der Waals surface area contributed by atoms with E-state index in [4.69, 9.17) is 0 Å². The highest BCUT2D eigenvalue weighted by Gasteiger charge is 2.02. The van der Waals surface area contributed by atoms with Crippen molar-refractivity contribution in [2.24, 2.45) is 5.92 Å². The predicted octanol–water partition coefficient (Wildman–Crippen LogP) is 1.98. The van der Waals surface area contributed by atoms with Crippen molar-refractivity contribution in [1.82, 2.24) is 0 Å². The van der Waals surface area contributed by atoms with Crippen LogP contribution in [0.3, 0.4) is 0 Å². The number of hydrogen-bond acceptors (Lipinski definition) is 3. The Labute approximate surface area is 61.3 Å². The van der Waals surface area contributed by atoms with Crippen LogP contribution in [0.1, 0.15) is 20.8 Å². The van der Waals surface area contributed by atoms with Gasteiger partial charge in [0.15, 0.2) is 0 Å². The van der Waals surface area contributed by atoms with Crippen LogP contribution in [0.15, 0.2) is 0 Å². The first-order valence-corrected chi connectivity index (χ1v) is 3.28. The first kappa shape index (κ1) is 9.27. The van der Waals surface area contributed by atoms with Crippen molar-refractivity contribution in [2.45, 2.75) is 20.8 Å². The largest absolute Gasteiger partial charge is 0.508 e. The minimum atomic E-state index is -0.629. The molecule has 0 aliphatic heterocycles. The Morgan fingerprint density at radius 2 is 2.20 bits per heavy atom. The Morgan fingerprint density at radius 3 is 2.60 bits per heavy atom. The molecule has 10 heavy (non-hydrogen) atoms. The van der Waals surface area contributed by atoms with Crippen LogP contribution in [0.4, 0.5) is 4.79 Å². The summed E-state index contributed by atoms with van der Waals surface area (Å²) in [6, 6.07) is 0. The second kappa shape index (κ2) is 5.09. The first-order chi connectivity index (χ1) is 4.66. The highest BCUT2D eigenvalue weighted by Crippen LogP contribution is 1.95. The second-order valence-corrected chi connectivity index (χ2v) is 2.31. The minimum absolute atomic E-state index is 0.351. The van der Waals surface area contributed by atoms with Crippen LogP contribution in [-0.2, 0) is 9.47 Å². The van der Waals surface area contributed by atoms with Crippen LogP contribution in [-0.4, -0.2) is 12.8 Å². The summed E-state index contributed by atoms with van der Waals surface area (Å²) in [5, 5.41) is 0. The van der Waals surface area contributed by atoms with E-state index in [1.807, 2.05) is 13.8 Å². The normalized spacial score (nSPS) is 9.60. The van der Waals surface area contributed by atoms with Gasteiger partial charge >= 0.3 is 6.16 Å². The van der Waals surface area contributed by atoms with E-state index in [0.29, 0.717) is 12.5 Å². The van der Waals surface area contributed by atoms with Gasteiger partial charge in [0.25, 0.3) is 0 Å². The number of carbonyl (C=O) groups excluding carboxylic acids is 1. The van der Waals surface area contributed by atoms with Crippen LogP contribution in [0, 0.1) is 12.5 Å². The van der Waals surface area contributed by atoms with Gasteiger partial charge in [0.2, 0.25) is 0 Å². The molecule has 1 radical (unpaired) electrons. The third-order valence-electron chi connectivity index (χ3n) is 0.749. The van der Waals surface area contributed by atoms with Crippen molar-refractivity contribution < 1.29 is 14.3 Å². The van der Waals surface area contributed by atoms with Crippen molar-refractivity contribution >= 4 is 6.16 Å². The molecule has 0 bridgehead atoms. The third kappa shape index (κ3) is 5.41. The molecule has 0 N–H and O–H groups in total. The molecule has 0 amide bonds. The second-order valence-electron chi connectivity index (χ2n) is 2.31. The zero-order valence-electron chi connectivity index (χ0n) is 6.59. The van der Waals surface area contributed by atoms with Gasteiger partial charge in [-0.2, -0.15) is 0 Å². The molecular weight excluding hydrogens is 132 g/mol. The van der Waals surface area contributed by atoms with E-state index in [0.717, 1.165) is 0 Å². The van der Waals surface area contributed by atoms with E-state index in [-0.39, 0.29) is 0 Å². The number of carbonyl (C=O) groups is 1. The van der Waals surface area contributed by atoms with Crippen molar-refractivity contribution in [1.29, 1.82) is 0 Å². The smallest absolute Gasteiger partial charge is 0.434 e. The van der Waals surface area contributed by atoms with Gasteiger partial charge in [-0.05, 0) is 12.8 Å². The summed E-state index contributed by atoms with van der Waals surface area (Å²) in [5.74, 6) is 0.351. The molecule has 0 saturated heterocycles. The maximum atomic E-state index is 10.5. The summed E-state index contributed by atoms with van der Waals surface area (Å²) in [6.07, 6.45) is -0.629. The fourth-order valence-electron chi connectivity index (χ4n) is 0.365. The molecule has 0 aliphatic carbocycles. The maximum Gasteiger partial charge on any atom is 0.508 e. The van der Waals surface area contributed by atoms with E-state index in [2.05, 4.69) is 9.47 Å². The van der Waals surface area contributed by atoms with Crippen LogP contribution < -0.4 is 0 Å². The SMILES string of the molecule is C[CH]OC(=O)OCC(C)C. The first-order valence-electron chi connectivity index (χ1n) is 3.28. The van der Waals surface area contributed by atoms with Gasteiger partial charge in [0.1, 0.15) is 6.61 Å². The van der Waals surface area contributed by atoms with Gasteiger partial charge in [-0.3, -0.25) is 0 Å². The predicted molar refractivity (Wildman–Crippen MR) is 37.2 cm³/mol. The fourth-order valence-corrected chi connectivity index (χ4v) is 0.365. The molecule has 0 spiro atoms. The summed E-state index contributed by atoms with van der Waals surface area (Å²) in [4.78, 5) is 10.5. The van der Waals surface area contributed by atoms with Gasteiger partial charge in [-0.1, -0.05) is 13.8 Å². The van der Waals surface area contributed by atoms with E-state index in [9.17, 15) is 4.79 Å². The minimum Gasteiger partial charge on any atom is -0.434 e.